The first-order valence-electron chi connectivity index (χ1n) is 10.2. The van der Waals surface area contributed by atoms with Gasteiger partial charge in [0.05, 0.1) is 6.61 Å². The molecule has 0 radical (unpaired) electrons. The fraction of sp³-hybridized carbons (Fsp3) is 0.458. The first-order chi connectivity index (χ1) is 13.2. The number of carbonyl (C=O) groups excluding carboxylic acids is 1. The molecule has 3 heteroatoms. The minimum absolute atomic E-state index is 0.205. The van der Waals surface area contributed by atoms with Crippen molar-refractivity contribution in [2.75, 3.05) is 6.61 Å². The third-order valence-electron chi connectivity index (χ3n) is 4.47. The minimum atomic E-state index is -0.205. The van der Waals surface area contributed by atoms with Crippen LogP contribution in [-0.4, -0.2) is 12.4 Å². The average molecular weight is 479 g/mol. The molecule has 0 aliphatic heterocycles. The maximum Gasteiger partial charge on any atom is 0.357 e. The zero-order valence-corrected chi connectivity index (χ0v) is 18.8. The van der Waals surface area contributed by atoms with Crippen LogP contribution in [0.1, 0.15) is 74.7 Å². The third-order valence-corrected chi connectivity index (χ3v) is 7.15. The van der Waals surface area contributed by atoms with Crippen LogP contribution in [0.2, 0.25) is 0 Å². The van der Waals surface area contributed by atoms with Crippen LogP contribution in [0.25, 0.3) is 0 Å². The smallest absolute Gasteiger partial charge is 0.357 e. The largest absolute Gasteiger partial charge is 0.377 e. The predicted octanol–water partition coefficient (Wildman–Crippen LogP) is 3.28. The lowest BCUT2D eigenvalue weighted by Crippen LogP contribution is -3.61. The number of halogens is 1. The van der Waals surface area contributed by atoms with Crippen molar-refractivity contribution in [3.05, 3.63) is 66.8 Å². The van der Waals surface area contributed by atoms with Crippen molar-refractivity contribution < 1.29 is 30.7 Å². The first kappa shape index (κ1) is 22.1. The normalized spacial score (nSPS) is 10.9. The molecule has 0 aliphatic rings. The summed E-state index contributed by atoms with van der Waals surface area (Å²) in [4.78, 5) is 12.2. The second-order valence-electron chi connectivity index (χ2n) is 6.87. The molecule has 0 unspecified atom stereocenters. The molecule has 0 atom stereocenters. The van der Waals surface area contributed by atoms with Crippen LogP contribution in [0, 0.1) is 7.14 Å². The summed E-state index contributed by atoms with van der Waals surface area (Å²) < 4.78 is 8.47. The lowest BCUT2D eigenvalue weighted by molar-refractivity contribution is -0.597. The van der Waals surface area contributed by atoms with Gasteiger partial charge >= 0.3 is 21.2 Å². The predicted molar refractivity (Wildman–Crippen MR) is 108 cm³/mol. The van der Waals surface area contributed by atoms with Gasteiger partial charge < -0.3 is 4.74 Å². The first-order valence-corrected chi connectivity index (χ1v) is 12.3. The van der Waals surface area contributed by atoms with Gasteiger partial charge in [0.2, 0.25) is 0 Å². The minimum Gasteiger partial charge on any atom is -0.377 e. The monoisotopic (exact) mass is 479 g/mol. The molecule has 2 rings (SSSR count). The maximum atomic E-state index is 12.2. The van der Waals surface area contributed by atoms with Gasteiger partial charge in [-0.1, -0.05) is 51.7 Å². The molecule has 27 heavy (non-hydrogen) atoms. The van der Waals surface area contributed by atoms with Gasteiger partial charge in [-0.05, 0) is 54.8 Å². The summed E-state index contributed by atoms with van der Waals surface area (Å²) >= 11 is -0.205. The van der Waals surface area contributed by atoms with Crippen LogP contribution in [0.4, 0.5) is 0 Å². The van der Waals surface area contributed by atoms with E-state index in [1.54, 1.807) is 0 Å². The molecule has 0 spiro atoms. The van der Waals surface area contributed by atoms with Crippen LogP contribution in [0.3, 0.4) is 0 Å². The Balaban J connectivity index is 1.80. The molecule has 0 fully saturated rings. The molecule has 0 heterocycles. The average Bonchev–Trinajstić information content (AvgIpc) is 2.70. The molecule has 0 amide bonds. The Hall–Kier alpha value is -1.20. The third kappa shape index (κ3) is 8.56. The fourth-order valence-electron chi connectivity index (χ4n) is 2.79. The van der Waals surface area contributed by atoms with E-state index in [0.717, 1.165) is 37.9 Å². The lowest BCUT2D eigenvalue weighted by atomic mass is 10.1. The lowest BCUT2D eigenvalue weighted by Gasteiger charge is -2.03. The van der Waals surface area contributed by atoms with Crippen LogP contribution < -0.4 is 21.2 Å². The Morgan fingerprint density at radius 2 is 1.41 bits per heavy atom. The number of hydrogen-bond acceptors (Lipinski definition) is 2. The van der Waals surface area contributed by atoms with Gasteiger partial charge in [-0.25, -0.2) is 0 Å². The molecule has 0 aliphatic carbocycles. The molecule has 0 N–H and O–H groups in total. The highest BCUT2D eigenvalue weighted by Crippen LogP contribution is 2.08. The van der Waals surface area contributed by atoms with Crippen LogP contribution in [0.15, 0.2) is 48.5 Å². The van der Waals surface area contributed by atoms with E-state index in [9.17, 15) is 4.79 Å². The molecular weight excluding hydrogens is 447 g/mol. The highest BCUT2D eigenvalue weighted by atomic mass is 127. The van der Waals surface area contributed by atoms with E-state index >= 15 is 0 Å². The molecule has 2 nitrogen and oxygen atoms in total. The number of benzene rings is 2. The topological polar surface area (TPSA) is 26.3 Å². The number of ketones is 1. The van der Waals surface area contributed by atoms with E-state index in [1.807, 2.05) is 12.1 Å². The summed E-state index contributed by atoms with van der Waals surface area (Å²) in [6.07, 6.45) is 7.58. The quantitative estimate of drug-likeness (QED) is 0.251. The summed E-state index contributed by atoms with van der Waals surface area (Å²) in [7, 11) is 0. The van der Waals surface area contributed by atoms with E-state index < -0.39 is 0 Å². The summed E-state index contributed by atoms with van der Waals surface area (Å²) in [6, 6.07) is 17.1. The summed E-state index contributed by atoms with van der Waals surface area (Å²) in [5.41, 5.74) is 2.10. The molecule has 0 saturated heterocycles. The molecular formula is C24H32IO2+. The van der Waals surface area contributed by atoms with Crippen molar-refractivity contribution in [1.82, 2.24) is 0 Å². The molecule has 146 valence electrons. The van der Waals surface area contributed by atoms with Crippen molar-refractivity contribution in [1.29, 1.82) is 0 Å². The Labute approximate surface area is 175 Å². The van der Waals surface area contributed by atoms with Gasteiger partial charge in [-0.3, -0.25) is 4.79 Å². The van der Waals surface area contributed by atoms with Crippen molar-refractivity contribution in [2.45, 2.75) is 65.4 Å². The zero-order valence-electron chi connectivity index (χ0n) is 16.7. The second kappa shape index (κ2) is 13.1. The summed E-state index contributed by atoms with van der Waals surface area (Å²) in [5, 5.41) is 0. The van der Waals surface area contributed by atoms with Gasteiger partial charge in [0, 0.05) is 18.6 Å². The standard InChI is InChI=1S/C24H32IO2/c1-3-5-7-9-24(26)21-12-16-23(17-13-21)25-22-14-10-20(11-15-22)19-27-18-8-6-4-2/h10-17H,3-9,18-19H2,1-2H3/q+1. The van der Waals surface area contributed by atoms with Gasteiger partial charge in [0.1, 0.15) is 0 Å². The SMILES string of the molecule is CCCCCOCc1ccc([I+]c2ccc(C(=O)CCCCC)cc2)cc1. The van der Waals surface area contributed by atoms with Gasteiger partial charge in [0.25, 0.3) is 0 Å². The van der Waals surface area contributed by atoms with Crippen molar-refractivity contribution in [3.8, 4) is 0 Å². The Bertz CT molecular complexity index is 662. The molecule has 0 bridgehead atoms. The number of rotatable bonds is 13. The zero-order chi connectivity index (χ0) is 19.3. The van der Waals surface area contributed by atoms with E-state index in [4.69, 9.17) is 4.74 Å². The number of ether oxygens (including phenoxy) is 1. The Kier molecular flexibility index (Phi) is 10.7. The van der Waals surface area contributed by atoms with Crippen LogP contribution >= 0.6 is 0 Å². The summed E-state index contributed by atoms with van der Waals surface area (Å²) in [6.45, 7) is 5.93. The molecule has 2 aromatic rings. The number of carbonyl (C=O) groups is 1. The molecule has 0 saturated carbocycles. The van der Waals surface area contributed by atoms with Gasteiger partial charge in [-0.15, -0.1) is 0 Å². The summed E-state index contributed by atoms with van der Waals surface area (Å²) in [5.74, 6) is 0.275. The van der Waals surface area contributed by atoms with Gasteiger partial charge in [0.15, 0.2) is 12.9 Å². The van der Waals surface area contributed by atoms with E-state index in [1.165, 1.54) is 25.5 Å². The number of hydrogen-bond donors (Lipinski definition) is 0. The highest BCUT2D eigenvalue weighted by molar-refractivity contribution is 5.95. The fourth-order valence-corrected chi connectivity index (χ4v) is 4.95. The number of unbranched alkanes of at least 4 members (excludes halogenated alkanes) is 4. The second-order valence-corrected chi connectivity index (χ2v) is 9.90. The van der Waals surface area contributed by atoms with E-state index in [2.05, 4.69) is 50.2 Å². The van der Waals surface area contributed by atoms with Crippen molar-refractivity contribution in [3.63, 3.8) is 0 Å². The highest BCUT2D eigenvalue weighted by Gasteiger charge is 2.16. The Morgan fingerprint density at radius 3 is 2.04 bits per heavy atom. The van der Waals surface area contributed by atoms with E-state index in [0.29, 0.717) is 13.0 Å². The van der Waals surface area contributed by atoms with E-state index in [-0.39, 0.29) is 27.0 Å². The Morgan fingerprint density at radius 1 is 0.815 bits per heavy atom. The molecule has 0 aromatic heterocycles. The number of Topliss-reactive ketones (excluding diaryl/α,β-unsaturated/α-hetero) is 1. The van der Waals surface area contributed by atoms with Crippen LogP contribution in [0.5, 0.6) is 0 Å². The van der Waals surface area contributed by atoms with Crippen molar-refractivity contribution >= 4 is 5.78 Å². The maximum absolute atomic E-state index is 12.2. The molecule has 2 aromatic carbocycles. The van der Waals surface area contributed by atoms with Crippen LogP contribution in [-0.2, 0) is 11.3 Å². The van der Waals surface area contributed by atoms with Gasteiger partial charge in [-0.2, -0.15) is 0 Å². The van der Waals surface area contributed by atoms with Crippen molar-refractivity contribution in [2.24, 2.45) is 0 Å².